The maximum absolute atomic E-state index is 12.8. The fraction of sp³-hybridized carbons (Fsp3) is 0.200. The molecular formula is C20H19NO3S. The molecule has 0 fully saturated rings. The van der Waals surface area contributed by atoms with Crippen LogP contribution in [-0.4, -0.2) is 29.9 Å². The van der Waals surface area contributed by atoms with Crippen molar-refractivity contribution in [1.29, 1.82) is 0 Å². The van der Waals surface area contributed by atoms with Gasteiger partial charge in [0, 0.05) is 11.4 Å². The molecular weight excluding hydrogens is 334 g/mol. The van der Waals surface area contributed by atoms with Crippen LogP contribution in [0, 0.1) is 0 Å². The largest absolute Gasteiger partial charge is 0.494 e. The minimum atomic E-state index is -0.241. The Hall–Kier alpha value is -2.53. The third kappa shape index (κ3) is 3.46. The van der Waals surface area contributed by atoms with Gasteiger partial charge >= 0.3 is 0 Å². The minimum absolute atomic E-state index is 0.231. The number of thioether (sulfide) groups is 1. The van der Waals surface area contributed by atoms with Crippen LogP contribution in [0.25, 0.3) is 5.57 Å². The molecule has 2 aromatic rings. The molecule has 2 amide bonds. The van der Waals surface area contributed by atoms with E-state index in [0.29, 0.717) is 23.6 Å². The molecule has 5 heteroatoms. The van der Waals surface area contributed by atoms with Gasteiger partial charge in [-0.1, -0.05) is 42.1 Å². The summed E-state index contributed by atoms with van der Waals surface area (Å²) in [6.45, 7) is 4.67. The Labute approximate surface area is 151 Å². The number of benzene rings is 2. The lowest BCUT2D eigenvalue weighted by Crippen LogP contribution is -2.31. The number of imide groups is 1. The van der Waals surface area contributed by atoms with Crippen molar-refractivity contribution in [2.45, 2.75) is 18.7 Å². The number of hydrogen-bond donors (Lipinski definition) is 0. The molecule has 0 aromatic heterocycles. The summed E-state index contributed by atoms with van der Waals surface area (Å²) in [4.78, 5) is 28.2. The molecule has 3 rings (SSSR count). The predicted octanol–water partition coefficient (Wildman–Crippen LogP) is 3.98. The van der Waals surface area contributed by atoms with Crippen LogP contribution in [0.2, 0.25) is 0 Å². The number of amides is 2. The second-order valence-electron chi connectivity index (χ2n) is 5.43. The Morgan fingerprint density at radius 2 is 1.60 bits per heavy atom. The van der Waals surface area contributed by atoms with E-state index < -0.39 is 0 Å². The highest BCUT2D eigenvalue weighted by Gasteiger charge is 2.38. The molecule has 2 aromatic carbocycles. The monoisotopic (exact) mass is 353 g/mol. The summed E-state index contributed by atoms with van der Waals surface area (Å²) in [5, 5.41) is 0. The highest BCUT2D eigenvalue weighted by atomic mass is 32.2. The minimum Gasteiger partial charge on any atom is -0.494 e. The number of likely N-dealkylation sites (N-methyl/N-ethyl adjacent to an activating group) is 1. The third-order valence-corrected chi connectivity index (χ3v) is 4.95. The lowest BCUT2D eigenvalue weighted by atomic mass is 10.1. The average molecular weight is 353 g/mol. The molecule has 0 unspecified atom stereocenters. The van der Waals surface area contributed by atoms with Crippen molar-refractivity contribution in [2.24, 2.45) is 0 Å². The van der Waals surface area contributed by atoms with E-state index in [0.717, 1.165) is 16.2 Å². The predicted molar refractivity (Wildman–Crippen MR) is 99.2 cm³/mol. The Bertz CT molecular complexity index is 813. The van der Waals surface area contributed by atoms with Crippen molar-refractivity contribution in [2.75, 3.05) is 13.2 Å². The molecule has 0 N–H and O–H groups in total. The third-order valence-electron chi connectivity index (χ3n) is 3.86. The standard InChI is InChI=1S/C20H19NO3S/c1-3-21-19(22)17(14-10-12-15(13-11-14)24-4-2)18(20(21)23)25-16-8-6-5-7-9-16/h5-13H,3-4H2,1-2H3. The van der Waals surface area contributed by atoms with Gasteiger partial charge in [-0.2, -0.15) is 0 Å². The van der Waals surface area contributed by atoms with Gasteiger partial charge in [-0.3, -0.25) is 14.5 Å². The van der Waals surface area contributed by atoms with E-state index in [4.69, 9.17) is 4.74 Å². The summed E-state index contributed by atoms with van der Waals surface area (Å²) >= 11 is 1.34. The van der Waals surface area contributed by atoms with Gasteiger partial charge in [-0.15, -0.1) is 0 Å². The second-order valence-corrected chi connectivity index (χ2v) is 6.51. The van der Waals surface area contributed by atoms with Gasteiger partial charge in [0.25, 0.3) is 11.8 Å². The number of hydrogen-bond acceptors (Lipinski definition) is 4. The van der Waals surface area contributed by atoms with Crippen LogP contribution < -0.4 is 4.74 Å². The molecule has 4 nitrogen and oxygen atoms in total. The van der Waals surface area contributed by atoms with Crippen LogP contribution in [0.5, 0.6) is 5.75 Å². The quantitative estimate of drug-likeness (QED) is 0.737. The highest BCUT2D eigenvalue weighted by Crippen LogP contribution is 2.39. The van der Waals surface area contributed by atoms with Crippen molar-refractivity contribution in [3.63, 3.8) is 0 Å². The van der Waals surface area contributed by atoms with E-state index >= 15 is 0 Å². The van der Waals surface area contributed by atoms with E-state index in [2.05, 4.69) is 0 Å². The lowest BCUT2D eigenvalue weighted by Gasteiger charge is -2.11. The van der Waals surface area contributed by atoms with Gasteiger partial charge in [-0.05, 0) is 43.7 Å². The molecule has 0 atom stereocenters. The molecule has 0 saturated carbocycles. The van der Waals surface area contributed by atoms with Crippen LogP contribution >= 0.6 is 11.8 Å². The number of nitrogens with zero attached hydrogens (tertiary/aromatic N) is 1. The zero-order valence-corrected chi connectivity index (χ0v) is 15.0. The summed E-state index contributed by atoms with van der Waals surface area (Å²) in [6.07, 6.45) is 0. The van der Waals surface area contributed by atoms with Crippen molar-refractivity contribution >= 4 is 29.1 Å². The smallest absolute Gasteiger partial charge is 0.268 e. The molecule has 1 aliphatic heterocycles. The van der Waals surface area contributed by atoms with Gasteiger partial charge in [0.15, 0.2) is 0 Å². The maximum Gasteiger partial charge on any atom is 0.268 e. The van der Waals surface area contributed by atoms with E-state index in [-0.39, 0.29) is 11.8 Å². The summed E-state index contributed by atoms with van der Waals surface area (Å²) in [5.74, 6) is 0.272. The molecule has 0 bridgehead atoms. The van der Waals surface area contributed by atoms with E-state index in [1.165, 1.54) is 16.7 Å². The van der Waals surface area contributed by atoms with Gasteiger partial charge < -0.3 is 4.74 Å². The summed E-state index contributed by atoms with van der Waals surface area (Å²) in [5.41, 5.74) is 1.19. The number of ether oxygens (including phenoxy) is 1. The van der Waals surface area contributed by atoms with Crippen molar-refractivity contribution < 1.29 is 14.3 Å². The van der Waals surface area contributed by atoms with Crippen LogP contribution in [0.4, 0.5) is 0 Å². The highest BCUT2D eigenvalue weighted by molar-refractivity contribution is 8.04. The summed E-state index contributed by atoms with van der Waals surface area (Å²) in [7, 11) is 0. The normalized spacial score (nSPS) is 14.4. The first kappa shape index (κ1) is 17.3. The summed E-state index contributed by atoms with van der Waals surface area (Å²) < 4.78 is 5.45. The van der Waals surface area contributed by atoms with Gasteiger partial charge in [0.1, 0.15) is 5.75 Å². The average Bonchev–Trinajstić information content (AvgIpc) is 2.87. The molecule has 25 heavy (non-hydrogen) atoms. The maximum atomic E-state index is 12.8. The van der Waals surface area contributed by atoms with Crippen LogP contribution in [-0.2, 0) is 9.59 Å². The SMILES string of the molecule is CCOc1ccc(C2=C(Sc3ccccc3)C(=O)N(CC)C2=O)cc1. The van der Waals surface area contributed by atoms with E-state index in [1.807, 2.05) is 68.4 Å². The Morgan fingerprint density at radius 3 is 2.20 bits per heavy atom. The molecule has 0 aliphatic carbocycles. The van der Waals surface area contributed by atoms with Crippen molar-refractivity contribution in [3.8, 4) is 5.75 Å². The van der Waals surface area contributed by atoms with Crippen LogP contribution in [0.1, 0.15) is 19.4 Å². The van der Waals surface area contributed by atoms with Gasteiger partial charge in [-0.25, -0.2) is 0 Å². The molecule has 1 aliphatic rings. The van der Waals surface area contributed by atoms with Gasteiger partial charge in [0.05, 0.1) is 17.1 Å². The van der Waals surface area contributed by atoms with E-state index in [1.54, 1.807) is 0 Å². The zero-order chi connectivity index (χ0) is 17.8. The second kappa shape index (κ2) is 7.57. The van der Waals surface area contributed by atoms with Crippen molar-refractivity contribution in [1.82, 2.24) is 4.90 Å². The Morgan fingerprint density at radius 1 is 0.920 bits per heavy atom. The number of carbonyl (C=O) groups is 2. The summed E-state index contributed by atoms with van der Waals surface area (Å²) in [6, 6.07) is 16.9. The molecule has 0 spiro atoms. The van der Waals surface area contributed by atoms with Gasteiger partial charge in [0.2, 0.25) is 0 Å². The fourth-order valence-electron chi connectivity index (χ4n) is 2.68. The Kier molecular flexibility index (Phi) is 5.24. The molecule has 0 saturated heterocycles. The molecule has 128 valence electrons. The van der Waals surface area contributed by atoms with Crippen molar-refractivity contribution in [3.05, 3.63) is 65.1 Å². The van der Waals surface area contributed by atoms with Crippen LogP contribution in [0.15, 0.2) is 64.4 Å². The fourth-order valence-corrected chi connectivity index (χ4v) is 3.71. The Balaban J connectivity index is 2.02. The number of carbonyl (C=O) groups excluding carboxylic acids is 2. The van der Waals surface area contributed by atoms with E-state index in [9.17, 15) is 9.59 Å². The lowest BCUT2D eigenvalue weighted by molar-refractivity contribution is -0.136. The first-order chi connectivity index (χ1) is 12.2. The number of rotatable bonds is 6. The topological polar surface area (TPSA) is 46.6 Å². The molecule has 1 heterocycles. The molecule has 0 radical (unpaired) electrons. The van der Waals surface area contributed by atoms with Crippen LogP contribution in [0.3, 0.4) is 0 Å². The first-order valence-corrected chi connectivity index (χ1v) is 9.04. The zero-order valence-electron chi connectivity index (χ0n) is 14.2. The first-order valence-electron chi connectivity index (χ1n) is 8.22.